The molecule has 1 amide bonds. The number of ether oxygens (including phenoxy) is 1. The summed E-state index contributed by atoms with van der Waals surface area (Å²) in [5.74, 6) is -0.163. The van der Waals surface area contributed by atoms with Crippen LogP contribution in [0.15, 0.2) is 18.2 Å². The SMILES string of the molecule is COC1(C(=O)N2CC3(CCCC3)c3c(F)cccc32)CCNCC1. The highest BCUT2D eigenvalue weighted by Gasteiger charge is 2.52. The molecular weight excluding hydrogens is 307 g/mol. The van der Waals surface area contributed by atoms with Gasteiger partial charge in [0.05, 0.1) is 5.69 Å². The van der Waals surface area contributed by atoms with E-state index in [9.17, 15) is 9.18 Å². The van der Waals surface area contributed by atoms with Gasteiger partial charge >= 0.3 is 0 Å². The second kappa shape index (κ2) is 5.81. The van der Waals surface area contributed by atoms with Gasteiger partial charge in [-0.05, 0) is 50.9 Å². The van der Waals surface area contributed by atoms with Crippen molar-refractivity contribution in [3.05, 3.63) is 29.6 Å². The normalized spacial score (nSPS) is 24.3. The zero-order chi connectivity index (χ0) is 16.8. The number of rotatable bonds is 2. The number of halogens is 1. The van der Waals surface area contributed by atoms with Crippen LogP contribution in [0.3, 0.4) is 0 Å². The summed E-state index contributed by atoms with van der Waals surface area (Å²) in [6.07, 6.45) is 5.47. The van der Waals surface area contributed by atoms with Crippen molar-refractivity contribution in [2.75, 3.05) is 31.6 Å². The molecular formula is C19H25FN2O2. The lowest BCUT2D eigenvalue weighted by Crippen LogP contribution is -2.56. The Hall–Kier alpha value is -1.46. The Balaban J connectivity index is 1.75. The van der Waals surface area contributed by atoms with Gasteiger partial charge in [-0.25, -0.2) is 4.39 Å². The van der Waals surface area contributed by atoms with E-state index in [1.54, 1.807) is 13.2 Å². The van der Waals surface area contributed by atoms with Gasteiger partial charge in [-0.3, -0.25) is 4.79 Å². The zero-order valence-corrected chi connectivity index (χ0v) is 14.2. The highest BCUT2D eigenvalue weighted by molar-refractivity contribution is 6.02. The van der Waals surface area contributed by atoms with Crippen LogP contribution in [0.1, 0.15) is 44.1 Å². The molecule has 1 aromatic carbocycles. The maximum absolute atomic E-state index is 14.7. The van der Waals surface area contributed by atoms with Gasteiger partial charge in [0.1, 0.15) is 11.4 Å². The Morgan fingerprint density at radius 2 is 1.92 bits per heavy atom. The minimum atomic E-state index is -0.779. The number of hydrogen-bond acceptors (Lipinski definition) is 3. The number of carbonyl (C=O) groups is 1. The van der Waals surface area contributed by atoms with Crippen molar-refractivity contribution < 1.29 is 13.9 Å². The third-order valence-corrected chi connectivity index (χ3v) is 6.27. The Kier molecular flexibility index (Phi) is 3.88. The van der Waals surface area contributed by atoms with Crippen LogP contribution in [-0.4, -0.2) is 38.3 Å². The van der Waals surface area contributed by atoms with Crippen LogP contribution in [0, 0.1) is 5.82 Å². The molecule has 4 nitrogen and oxygen atoms in total. The summed E-state index contributed by atoms with van der Waals surface area (Å²) in [6, 6.07) is 5.14. The van der Waals surface area contributed by atoms with Crippen molar-refractivity contribution >= 4 is 11.6 Å². The molecule has 0 aromatic heterocycles. The van der Waals surface area contributed by atoms with Crippen LogP contribution in [-0.2, 0) is 14.9 Å². The number of amides is 1. The molecule has 0 unspecified atom stereocenters. The van der Waals surface area contributed by atoms with Crippen molar-refractivity contribution in [1.29, 1.82) is 0 Å². The number of methoxy groups -OCH3 is 1. The molecule has 1 saturated heterocycles. The number of anilines is 1. The van der Waals surface area contributed by atoms with Crippen molar-refractivity contribution in [3.8, 4) is 0 Å². The van der Waals surface area contributed by atoms with Gasteiger partial charge in [-0.1, -0.05) is 18.9 Å². The van der Waals surface area contributed by atoms with E-state index in [1.807, 2.05) is 11.0 Å². The van der Waals surface area contributed by atoms with Gasteiger partial charge in [-0.2, -0.15) is 0 Å². The first-order chi connectivity index (χ1) is 11.6. The topological polar surface area (TPSA) is 41.6 Å². The molecule has 130 valence electrons. The lowest BCUT2D eigenvalue weighted by Gasteiger charge is -2.38. The number of fused-ring (bicyclic) bond motifs is 2. The molecule has 2 fully saturated rings. The number of nitrogens with zero attached hydrogens (tertiary/aromatic N) is 1. The molecule has 0 bridgehead atoms. The fourth-order valence-corrected chi connectivity index (χ4v) is 4.95. The molecule has 3 aliphatic rings. The molecule has 5 heteroatoms. The smallest absolute Gasteiger partial charge is 0.259 e. The molecule has 1 spiro atoms. The molecule has 1 N–H and O–H groups in total. The lowest BCUT2D eigenvalue weighted by atomic mass is 9.80. The van der Waals surface area contributed by atoms with Crippen LogP contribution < -0.4 is 10.2 Å². The first-order valence-electron chi connectivity index (χ1n) is 8.99. The minimum Gasteiger partial charge on any atom is -0.368 e. The Labute approximate surface area is 142 Å². The van der Waals surface area contributed by atoms with Crippen LogP contribution in [0.5, 0.6) is 0 Å². The van der Waals surface area contributed by atoms with Crippen LogP contribution in [0.2, 0.25) is 0 Å². The van der Waals surface area contributed by atoms with E-state index >= 15 is 0 Å². The zero-order valence-electron chi connectivity index (χ0n) is 14.2. The maximum atomic E-state index is 14.7. The standard InChI is InChI=1S/C19H25FN2O2/c1-24-19(9-11-21-12-10-19)17(23)22-13-18(7-2-3-8-18)16-14(20)5-4-6-15(16)22/h4-6,21H,2-3,7-13H2,1H3. The number of nitrogens with one attached hydrogen (secondary N) is 1. The number of hydrogen-bond donors (Lipinski definition) is 1. The van der Waals surface area contributed by atoms with Gasteiger partial charge in [0, 0.05) is 24.6 Å². The largest absolute Gasteiger partial charge is 0.368 e. The van der Waals surface area contributed by atoms with Crippen molar-refractivity contribution in [2.24, 2.45) is 0 Å². The summed E-state index contributed by atoms with van der Waals surface area (Å²) in [6.45, 7) is 2.14. The molecule has 0 radical (unpaired) electrons. The fraction of sp³-hybridized carbons (Fsp3) is 0.632. The highest BCUT2D eigenvalue weighted by atomic mass is 19.1. The van der Waals surface area contributed by atoms with Crippen molar-refractivity contribution in [1.82, 2.24) is 5.32 Å². The van der Waals surface area contributed by atoms with Gasteiger partial charge in [-0.15, -0.1) is 0 Å². The summed E-state index contributed by atoms with van der Waals surface area (Å²) in [7, 11) is 1.62. The molecule has 0 atom stereocenters. The highest BCUT2D eigenvalue weighted by Crippen LogP contribution is 2.52. The quantitative estimate of drug-likeness (QED) is 0.905. The van der Waals surface area contributed by atoms with Crippen LogP contribution in [0.25, 0.3) is 0 Å². The Morgan fingerprint density at radius 1 is 1.21 bits per heavy atom. The fourth-order valence-electron chi connectivity index (χ4n) is 4.95. The Bertz CT molecular complexity index is 649. The number of carbonyl (C=O) groups excluding carboxylic acids is 1. The second-order valence-electron chi connectivity index (χ2n) is 7.46. The van der Waals surface area contributed by atoms with Gasteiger partial charge in [0.15, 0.2) is 0 Å². The van der Waals surface area contributed by atoms with Gasteiger partial charge < -0.3 is 15.0 Å². The average Bonchev–Trinajstić information content (AvgIpc) is 3.21. The first kappa shape index (κ1) is 16.0. The molecule has 24 heavy (non-hydrogen) atoms. The predicted molar refractivity (Wildman–Crippen MR) is 90.7 cm³/mol. The summed E-state index contributed by atoms with van der Waals surface area (Å²) >= 11 is 0. The van der Waals surface area contributed by atoms with E-state index < -0.39 is 5.60 Å². The molecule has 4 rings (SSSR count). The number of benzene rings is 1. The molecule has 1 aromatic rings. The van der Waals surface area contributed by atoms with Crippen molar-refractivity contribution in [2.45, 2.75) is 49.5 Å². The molecule has 2 heterocycles. The van der Waals surface area contributed by atoms with Gasteiger partial charge in [0.25, 0.3) is 5.91 Å². The van der Waals surface area contributed by atoms with Gasteiger partial charge in [0.2, 0.25) is 0 Å². The van der Waals surface area contributed by atoms with E-state index in [4.69, 9.17) is 4.74 Å². The molecule has 1 saturated carbocycles. The third kappa shape index (κ3) is 2.21. The van der Waals surface area contributed by atoms with E-state index in [0.29, 0.717) is 19.4 Å². The van der Waals surface area contributed by atoms with Crippen molar-refractivity contribution in [3.63, 3.8) is 0 Å². The monoisotopic (exact) mass is 332 g/mol. The predicted octanol–water partition coefficient (Wildman–Crippen LogP) is 2.75. The maximum Gasteiger partial charge on any atom is 0.259 e. The first-order valence-corrected chi connectivity index (χ1v) is 8.99. The lowest BCUT2D eigenvalue weighted by molar-refractivity contribution is -0.143. The summed E-state index contributed by atoms with van der Waals surface area (Å²) in [5, 5.41) is 3.29. The summed E-state index contributed by atoms with van der Waals surface area (Å²) in [4.78, 5) is 15.2. The Morgan fingerprint density at radius 3 is 2.58 bits per heavy atom. The van der Waals surface area contributed by atoms with E-state index in [1.165, 1.54) is 6.07 Å². The summed E-state index contributed by atoms with van der Waals surface area (Å²) in [5.41, 5.74) is 0.546. The average molecular weight is 332 g/mol. The van der Waals surface area contributed by atoms with Crippen LogP contribution >= 0.6 is 0 Å². The minimum absolute atomic E-state index is 0.00197. The van der Waals surface area contributed by atoms with E-state index in [-0.39, 0.29) is 17.1 Å². The van der Waals surface area contributed by atoms with Crippen LogP contribution in [0.4, 0.5) is 10.1 Å². The molecule has 2 aliphatic heterocycles. The third-order valence-electron chi connectivity index (χ3n) is 6.27. The van der Waals surface area contributed by atoms with E-state index in [0.717, 1.165) is 50.0 Å². The van der Waals surface area contributed by atoms with E-state index in [2.05, 4.69) is 5.32 Å². The number of piperidine rings is 1. The molecule has 1 aliphatic carbocycles. The summed E-state index contributed by atoms with van der Waals surface area (Å²) < 4.78 is 20.4. The second-order valence-corrected chi connectivity index (χ2v) is 7.46.